The molecule has 9 N–H and O–H groups in total. The lowest BCUT2D eigenvalue weighted by atomic mass is 9.90. The number of aliphatic hydroxyl groups is 4. The Morgan fingerprint density at radius 2 is 1.65 bits per heavy atom. The number of benzene rings is 6. The molecule has 20 nitrogen and oxygen atoms in total. The number of nitrogens with zero attached hydrogens (tertiary/aromatic N) is 2. The van der Waals surface area contributed by atoms with Gasteiger partial charge in [0.1, 0.15) is 65.3 Å². The maximum Gasteiger partial charge on any atom is 0.336 e. The summed E-state index contributed by atoms with van der Waals surface area (Å²) in [5.74, 6) is -1.79. The number of aromatic carboxylic acids is 1. The van der Waals surface area contributed by atoms with Gasteiger partial charge in [0.2, 0.25) is 12.2 Å². The topological polar surface area (TPSA) is 294 Å². The zero-order valence-electron chi connectivity index (χ0n) is 45.1. The molecular weight excluding hydrogens is 1080 g/mol. The first-order valence-electron chi connectivity index (χ1n) is 26.9. The number of rotatable bonds is 20. The number of hydrogen-bond acceptors (Lipinski definition) is 15. The van der Waals surface area contributed by atoms with Crippen molar-refractivity contribution in [2.45, 2.75) is 81.2 Å². The van der Waals surface area contributed by atoms with Gasteiger partial charge in [0.15, 0.2) is 5.43 Å². The van der Waals surface area contributed by atoms with Gasteiger partial charge in [0.05, 0.1) is 17.9 Å². The Balaban J connectivity index is 0.809. The van der Waals surface area contributed by atoms with E-state index in [0.29, 0.717) is 75.8 Å². The molecule has 0 bridgehead atoms. The highest BCUT2D eigenvalue weighted by molar-refractivity contribution is 6.22. The molecule has 4 heterocycles. The number of ether oxygens (including phenoxy) is 3. The van der Waals surface area contributed by atoms with E-state index in [1.807, 2.05) is 56.3 Å². The molecule has 7 atom stereocenters. The molecule has 428 valence electrons. The highest BCUT2D eigenvalue weighted by Crippen LogP contribution is 2.49. The highest BCUT2D eigenvalue weighted by atomic mass is 35.5. The molecule has 3 amide bonds. The number of fused-ring (bicyclic) bond motifs is 6. The predicted octanol–water partition coefficient (Wildman–Crippen LogP) is 6.70. The Morgan fingerprint density at radius 1 is 0.854 bits per heavy atom. The second-order valence-electron chi connectivity index (χ2n) is 21.0. The number of carbonyl (C=O) groups is 4. The van der Waals surface area contributed by atoms with Crippen LogP contribution in [-0.2, 0) is 16.1 Å². The van der Waals surface area contributed by atoms with Crippen molar-refractivity contribution in [3.8, 4) is 39.7 Å². The van der Waals surface area contributed by atoms with Gasteiger partial charge in [-0.2, -0.15) is 0 Å². The van der Waals surface area contributed by atoms with Gasteiger partial charge in [0, 0.05) is 100 Å². The molecule has 1 saturated heterocycles. The molecule has 1 aromatic heterocycles. The number of phenols is 1. The van der Waals surface area contributed by atoms with Crippen LogP contribution < -0.4 is 30.4 Å². The summed E-state index contributed by atoms with van der Waals surface area (Å²) >= 11 is 6.92. The van der Waals surface area contributed by atoms with Gasteiger partial charge in [-0.3, -0.25) is 19.2 Å². The van der Waals surface area contributed by atoms with E-state index in [9.17, 15) is 54.6 Å². The van der Waals surface area contributed by atoms with E-state index >= 15 is 0 Å². The second-order valence-corrected chi connectivity index (χ2v) is 21.7. The lowest BCUT2D eigenvalue weighted by Crippen LogP contribution is -2.60. The summed E-state index contributed by atoms with van der Waals surface area (Å²) in [7, 11) is 3.92. The molecule has 0 spiro atoms. The molecular formula is C61H62ClN5O15. The molecule has 6 aromatic rings. The molecule has 21 heteroatoms. The normalized spacial score (nSPS) is 19.2. The second kappa shape index (κ2) is 24.2. The Bertz CT molecular complexity index is 3770. The van der Waals surface area contributed by atoms with Crippen molar-refractivity contribution >= 4 is 73.6 Å². The Hall–Kier alpha value is -8.08. The van der Waals surface area contributed by atoms with Gasteiger partial charge in [0.25, 0.3) is 11.8 Å². The standard InChI is InChI=1S/C61H62ClN5O15/c1-31(62)44-29-67(59(76)46-24-34-22-37(12-17-45(34)65-46)79-20-19-66(2)3)47-27-50(81-61-57(74)56(73)55(72)51(30-68)82-61)42-21-32(8-13-38(42)54(44)47)28-64-52(71)7-5-4-6-18-63-58(75)33-9-14-39(43(23-33)60(77)78)53-40-15-10-35(69)25-48(40)80-49-26-36(70)11-16-41(49)53/h8-17,21-27,31,44,51,55-57,61,65,68-69,72-74H,4-7,18-20,28-30H2,1-3H3,(H,63,75)(H,64,71)(H,77,78)/t31-,44+,51-,55+,56+,57-,61-/m1/s1. The number of unbranched alkanes of at least 4 members (excludes halogenated alkanes) is 2. The maximum absolute atomic E-state index is 14.6. The molecule has 10 rings (SSSR count). The zero-order valence-corrected chi connectivity index (χ0v) is 45.8. The van der Waals surface area contributed by atoms with E-state index in [2.05, 4.69) is 15.6 Å². The number of aromatic nitrogens is 1. The average Bonchev–Trinajstić information content (AvgIpc) is 4.16. The number of aromatic amines is 1. The summed E-state index contributed by atoms with van der Waals surface area (Å²) in [4.78, 5) is 73.0. The largest absolute Gasteiger partial charge is 0.508 e. The fourth-order valence-electron chi connectivity index (χ4n) is 10.7. The van der Waals surface area contributed by atoms with Crippen molar-refractivity contribution in [1.82, 2.24) is 20.5 Å². The summed E-state index contributed by atoms with van der Waals surface area (Å²) in [5, 5.41) is 70.6. The van der Waals surface area contributed by atoms with E-state index in [0.717, 1.165) is 23.0 Å². The summed E-state index contributed by atoms with van der Waals surface area (Å²) in [6.45, 7) is 2.95. The van der Waals surface area contributed by atoms with Crippen LogP contribution in [-0.4, -0.2) is 147 Å². The third-order valence-corrected chi connectivity index (χ3v) is 15.4. The number of aliphatic hydroxyl groups excluding tert-OH is 4. The SMILES string of the molecule is C[C@@H](Cl)[C@@H]1CN(C(=O)c2cc3cc(OCCN(C)C)ccc3[nH]2)c2cc(O[C@@H]3O[C@H](CO)[C@H](O)[C@H](O)[C@H]3O)c3cc(CNC(=O)CCCCCNC(=O)c4ccc(-c5c6ccc(=O)cc-6oc6cc(O)ccc56)c(C(=O)O)c4)ccc3c21. The van der Waals surface area contributed by atoms with Crippen LogP contribution in [0.3, 0.4) is 0 Å². The number of carboxylic acids is 1. The number of H-pyrrole nitrogens is 1. The number of alkyl halides is 1. The number of carboxylic acid groups (broad SMARTS) is 1. The fraction of sp³-hybridized carbons (Fsp3) is 0.328. The highest BCUT2D eigenvalue weighted by Gasteiger charge is 2.46. The van der Waals surface area contributed by atoms with E-state index < -0.39 is 54.6 Å². The van der Waals surface area contributed by atoms with Crippen LogP contribution in [0.5, 0.6) is 17.2 Å². The van der Waals surface area contributed by atoms with Gasteiger partial charge in [-0.25, -0.2) is 4.79 Å². The third kappa shape index (κ3) is 11.8. The molecule has 0 radical (unpaired) electrons. The smallest absolute Gasteiger partial charge is 0.336 e. The van der Waals surface area contributed by atoms with Crippen LogP contribution in [0.2, 0.25) is 0 Å². The van der Waals surface area contributed by atoms with Crippen LogP contribution in [0.15, 0.2) is 112 Å². The molecule has 1 fully saturated rings. The van der Waals surface area contributed by atoms with Crippen molar-refractivity contribution in [2.24, 2.45) is 0 Å². The van der Waals surface area contributed by atoms with E-state index in [4.69, 9.17) is 30.2 Å². The van der Waals surface area contributed by atoms with Gasteiger partial charge in [-0.05, 0) is 123 Å². The number of nitrogens with one attached hydrogen (secondary N) is 3. The number of amides is 3. The Morgan fingerprint density at radius 3 is 2.41 bits per heavy atom. The van der Waals surface area contributed by atoms with Crippen molar-refractivity contribution in [3.63, 3.8) is 0 Å². The van der Waals surface area contributed by atoms with Gasteiger partial charge in [-0.15, -0.1) is 11.6 Å². The molecule has 82 heavy (non-hydrogen) atoms. The van der Waals surface area contributed by atoms with Crippen LogP contribution in [0, 0.1) is 0 Å². The molecule has 4 aliphatic rings. The van der Waals surface area contributed by atoms with Crippen LogP contribution in [0.1, 0.15) is 80.9 Å². The molecule has 0 unspecified atom stereocenters. The van der Waals surface area contributed by atoms with Crippen LogP contribution in [0.4, 0.5) is 5.69 Å². The minimum absolute atomic E-state index is 0.0835. The number of likely N-dealkylation sites (N-methyl/N-ethyl adjacent to an activating group) is 1. The first-order valence-corrected chi connectivity index (χ1v) is 27.4. The number of carbonyl (C=O) groups excluding carboxylic acids is 3. The lowest BCUT2D eigenvalue weighted by Gasteiger charge is -2.39. The lowest BCUT2D eigenvalue weighted by molar-refractivity contribution is -0.277. The summed E-state index contributed by atoms with van der Waals surface area (Å²) in [6, 6.07) is 27.4. The Kier molecular flexibility index (Phi) is 16.9. The summed E-state index contributed by atoms with van der Waals surface area (Å²) < 4.78 is 24.0. The Labute approximate surface area is 474 Å². The minimum atomic E-state index is -1.74. The number of anilines is 1. The third-order valence-electron chi connectivity index (χ3n) is 15.1. The van der Waals surface area contributed by atoms with Gasteiger partial charge < -0.3 is 74.7 Å². The van der Waals surface area contributed by atoms with E-state index in [1.165, 1.54) is 42.5 Å². The van der Waals surface area contributed by atoms with Crippen molar-refractivity contribution in [3.05, 3.63) is 141 Å². The van der Waals surface area contributed by atoms with E-state index in [1.54, 1.807) is 35.2 Å². The summed E-state index contributed by atoms with van der Waals surface area (Å²) in [6.07, 6.45) is -6.13. The van der Waals surface area contributed by atoms with Gasteiger partial charge in [-0.1, -0.05) is 24.6 Å². The first-order chi connectivity index (χ1) is 39.4. The first kappa shape index (κ1) is 57.2. The van der Waals surface area contributed by atoms with Crippen molar-refractivity contribution in [1.29, 1.82) is 0 Å². The quantitative estimate of drug-likeness (QED) is 0.0218. The maximum atomic E-state index is 14.6. The monoisotopic (exact) mass is 1140 g/mol. The van der Waals surface area contributed by atoms with Crippen molar-refractivity contribution in [2.75, 3.05) is 51.8 Å². The fourth-order valence-corrected chi connectivity index (χ4v) is 10.9. The van der Waals surface area contributed by atoms with Crippen molar-refractivity contribution < 1.29 is 68.4 Å². The van der Waals surface area contributed by atoms with E-state index in [-0.39, 0.29) is 88.7 Å². The molecule has 3 aliphatic heterocycles. The molecule has 5 aromatic carbocycles. The number of aromatic hydroxyl groups is 1. The van der Waals surface area contributed by atoms with Crippen LogP contribution in [0.25, 0.3) is 55.1 Å². The zero-order chi connectivity index (χ0) is 58.1. The molecule has 0 saturated carbocycles. The van der Waals surface area contributed by atoms with Gasteiger partial charge >= 0.3 is 5.97 Å². The summed E-state index contributed by atoms with van der Waals surface area (Å²) in [5.41, 5.74) is 4.05. The number of halogens is 1. The predicted molar refractivity (Wildman–Crippen MR) is 306 cm³/mol. The molecule has 1 aliphatic carbocycles. The minimum Gasteiger partial charge on any atom is -0.508 e. The number of phenolic OH excluding ortho intramolecular Hbond substituents is 1. The van der Waals surface area contributed by atoms with Crippen LogP contribution >= 0.6 is 11.6 Å². The average molecular weight is 1140 g/mol. The number of hydrogen-bond donors (Lipinski definition) is 9.